The summed E-state index contributed by atoms with van der Waals surface area (Å²) in [5.41, 5.74) is 0.819. The van der Waals surface area contributed by atoms with Crippen molar-refractivity contribution >= 4 is 15.4 Å². The average Bonchev–Trinajstić information content (AvgIpc) is 1.83. The fourth-order valence-corrected chi connectivity index (χ4v) is 1.78. The normalized spacial score (nSPS) is 15.6. The van der Waals surface area contributed by atoms with Crippen molar-refractivity contribution in [3.63, 3.8) is 0 Å². The van der Waals surface area contributed by atoms with Gasteiger partial charge in [-0.05, 0) is 40.0 Å². The van der Waals surface area contributed by atoms with E-state index in [1.165, 1.54) is 18.4 Å². The predicted octanol–water partition coefficient (Wildman–Crippen LogP) is 1.84. The fraction of sp³-hybridized carbons (Fsp3) is 0.222. The summed E-state index contributed by atoms with van der Waals surface area (Å²) >= 11 is 0. The Morgan fingerprint density at radius 3 is 2.50 bits per heavy atom. The molecule has 0 aliphatic carbocycles. The van der Waals surface area contributed by atoms with Crippen LogP contribution in [0.4, 0.5) is 4.39 Å². The molecule has 3 heteroatoms. The molecule has 0 amide bonds. The van der Waals surface area contributed by atoms with Gasteiger partial charge >= 0.3 is 0 Å². The van der Waals surface area contributed by atoms with E-state index in [-0.39, 0.29) is 4.90 Å². The number of rotatable bonds is 1. The van der Waals surface area contributed by atoms with Crippen molar-refractivity contribution in [2.24, 2.45) is 0 Å². The summed E-state index contributed by atoms with van der Waals surface area (Å²) in [5.74, 6) is 2.99. The van der Waals surface area contributed by atoms with Gasteiger partial charge in [-0.15, -0.1) is 0 Å². The standard InChI is InChI=1S/C9H11FOS/c1-7-4-5-9(8(10)6-7)12(2,3)11/h4-6H,2H2,1,3H3. The molecule has 0 aliphatic heterocycles. The van der Waals surface area contributed by atoms with Gasteiger partial charge in [0.2, 0.25) is 0 Å². The summed E-state index contributed by atoms with van der Waals surface area (Å²) in [4.78, 5) is 0.202. The lowest BCUT2D eigenvalue weighted by Gasteiger charge is -2.04. The molecule has 1 nitrogen and oxygen atoms in total. The largest absolute Gasteiger partial charge is 0.263 e. The summed E-state index contributed by atoms with van der Waals surface area (Å²) in [6.45, 7) is 1.79. The summed E-state index contributed by atoms with van der Waals surface area (Å²) in [5, 5.41) is 0. The van der Waals surface area contributed by atoms with Gasteiger partial charge in [0.05, 0.1) is 4.90 Å². The first-order chi connectivity index (χ1) is 5.41. The van der Waals surface area contributed by atoms with E-state index in [2.05, 4.69) is 5.87 Å². The van der Waals surface area contributed by atoms with Crippen molar-refractivity contribution in [2.45, 2.75) is 11.8 Å². The predicted molar refractivity (Wildman–Crippen MR) is 50.6 cm³/mol. The first kappa shape index (κ1) is 9.26. The highest BCUT2D eigenvalue weighted by molar-refractivity contribution is 7.99. The molecule has 0 N–H and O–H groups in total. The summed E-state index contributed by atoms with van der Waals surface area (Å²) in [6, 6.07) is 4.62. The van der Waals surface area contributed by atoms with Gasteiger partial charge in [0.25, 0.3) is 0 Å². The minimum atomic E-state index is -2.43. The number of halogens is 1. The topological polar surface area (TPSA) is 17.1 Å². The molecule has 66 valence electrons. The van der Waals surface area contributed by atoms with Crippen LogP contribution in [0, 0.1) is 12.7 Å². The van der Waals surface area contributed by atoms with Crippen molar-refractivity contribution in [3.05, 3.63) is 29.6 Å². The van der Waals surface area contributed by atoms with Gasteiger partial charge in [-0.3, -0.25) is 4.21 Å². The Bertz CT molecular complexity index is 393. The minimum absolute atomic E-state index is 0.202. The van der Waals surface area contributed by atoms with E-state index >= 15 is 0 Å². The van der Waals surface area contributed by atoms with E-state index in [0.717, 1.165) is 5.56 Å². The van der Waals surface area contributed by atoms with Crippen LogP contribution in [-0.2, 0) is 9.52 Å². The van der Waals surface area contributed by atoms with Gasteiger partial charge in [-0.2, -0.15) is 0 Å². The van der Waals surface area contributed by atoms with E-state index in [0.29, 0.717) is 0 Å². The maximum atomic E-state index is 13.1. The third kappa shape index (κ3) is 1.85. The van der Waals surface area contributed by atoms with Crippen molar-refractivity contribution in [2.75, 3.05) is 6.26 Å². The Morgan fingerprint density at radius 1 is 1.50 bits per heavy atom. The van der Waals surface area contributed by atoms with E-state index < -0.39 is 15.3 Å². The molecule has 0 spiro atoms. The Labute approximate surface area is 72.2 Å². The molecular formula is C9H11FOS. The molecule has 0 aliphatic rings. The molecular weight excluding hydrogens is 175 g/mol. The van der Waals surface area contributed by atoms with Gasteiger partial charge < -0.3 is 0 Å². The molecule has 1 aromatic carbocycles. The zero-order valence-corrected chi connectivity index (χ0v) is 7.95. The second-order valence-corrected chi connectivity index (χ2v) is 5.39. The SMILES string of the molecule is C=S(C)(=O)c1ccc(C)cc1F. The van der Waals surface area contributed by atoms with Crippen LogP contribution in [0.15, 0.2) is 23.1 Å². The molecule has 0 aromatic heterocycles. The molecule has 1 atom stereocenters. The highest BCUT2D eigenvalue weighted by Crippen LogP contribution is 2.14. The van der Waals surface area contributed by atoms with Gasteiger partial charge in [0.1, 0.15) is 5.82 Å². The molecule has 12 heavy (non-hydrogen) atoms. The number of hydrogen-bond acceptors (Lipinski definition) is 1. The number of hydrogen-bond donors (Lipinski definition) is 0. The number of benzene rings is 1. The van der Waals surface area contributed by atoms with Crippen LogP contribution in [-0.4, -0.2) is 16.3 Å². The van der Waals surface area contributed by atoms with Crippen LogP contribution in [0.5, 0.6) is 0 Å². The highest BCUT2D eigenvalue weighted by atomic mass is 32.2. The lowest BCUT2D eigenvalue weighted by Crippen LogP contribution is -2.00. The van der Waals surface area contributed by atoms with Gasteiger partial charge in [0.15, 0.2) is 0 Å². The van der Waals surface area contributed by atoms with Crippen molar-refractivity contribution in [1.29, 1.82) is 0 Å². The second-order valence-electron chi connectivity index (χ2n) is 2.94. The molecule has 1 unspecified atom stereocenters. The first-order valence-corrected chi connectivity index (χ1v) is 5.63. The quantitative estimate of drug-likeness (QED) is 0.612. The molecule has 0 radical (unpaired) electrons. The zero-order chi connectivity index (χ0) is 9.35. The molecule has 1 rings (SSSR count). The molecule has 0 heterocycles. The average molecular weight is 186 g/mol. The molecule has 0 saturated heterocycles. The zero-order valence-electron chi connectivity index (χ0n) is 7.13. The van der Waals surface area contributed by atoms with Gasteiger partial charge in [0, 0.05) is 6.26 Å². The van der Waals surface area contributed by atoms with E-state index in [9.17, 15) is 8.60 Å². The van der Waals surface area contributed by atoms with Crippen molar-refractivity contribution in [3.8, 4) is 0 Å². The van der Waals surface area contributed by atoms with E-state index in [1.807, 2.05) is 0 Å². The van der Waals surface area contributed by atoms with Crippen LogP contribution in [0.25, 0.3) is 0 Å². The first-order valence-electron chi connectivity index (χ1n) is 3.49. The lowest BCUT2D eigenvalue weighted by atomic mass is 10.2. The summed E-state index contributed by atoms with van der Waals surface area (Å²) in [7, 11) is -2.43. The van der Waals surface area contributed by atoms with Crippen LogP contribution in [0.2, 0.25) is 0 Å². The van der Waals surface area contributed by atoms with Gasteiger partial charge in [-0.25, -0.2) is 4.39 Å². The Morgan fingerprint density at radius 2 is 2.08 bits per heavy atom. The van der Waals surface area contributed by atoms with Gasteiger partial charge in [-0.1, -0.05) is 6.07 Å². The Hall–Kier alpha value is -0.830. The van der Waals surface area contributed by atoms with Crippen LogP contribution in [0.1, 0.15) is 5.56 Å². The fourth-order valence-electron chi connectivity index (χ4n) is 0.956. The third-order valence-electron chi connectivity index (χ3n) is 1.55. The van der Waals surface area contributed by atoms with Crippen molar-refractivity contribution in [1.82, 2.24) is 0 Å². The minimum Gasteiger partial charge on any atom is -0.263 e. The molecule has 1 aromatic rings. The van der Waals surface area contributed by atoms with Crippen LogP contribution < -0.4 is 0 Å². The second kappa shape index (κ2) is 2.90. The molecule has 0 fully saturated rings. The smallest absolute Gasteiger partial charge is 0.138 e. The van der Waals surface area contributed by atoms with E-state index in [1.54, 1.807) is 13.0 Å². The summed E-state index contributed by atoms with van der Waals surface area (Å²) in [6.07, 6.45) is 1.43. The maximum absolute atomic E-state index is 13.1. The van der Waals surface area contributed by atoms with Crippen LogP contribution in [0.3, 0.4) is 0 Å². The third-order valence-corrected chi connectivity index (χ3v) is 2.81. The monoisotopic (exact) mass is 186 g/mol. The lowest BCUT2D eigenvalue weighted by molar-refractivity contribution is 0.594. The highest BCUT2D eigenvalue weighted by Gasteiger charge is 2.07. The Balaban J connectivity index is 3.39. The maximum Gasteiger partial charge on any atom is 0.138 e. The summed E-state index contributed by atoms with van der Waals surface area (Å²) < 4.78 is 24.5. The van der Waals surface area contributed by atoms with E-state index in [4.69, 9.17) is 0 Å². The molecule has 0 saturated carbocycles. The number of aryl methyl sites for hydroxylation is 1. The molecule has 0 bridgehead atoms. The van der Waals surface area contributed by atoms with Crippen LogP contribution >= 0.6 is 0 Å². The van der Waals surface area contributed by atoms with Crippen molar-refractivity contribution < 1.29 is 8.60 Å². The Kier molecular flexibility index (Phi) is 2.24.